The summed E-state index contributed by atoms with van der Waals surface area (Å²) in [6.45, 7) is 3.98. The summed E-state index contributed by atoms with van der Waals surface area (Å²) in [5.74, 6) is -0.710. The van der Waals surface area contributed by atoms with E-state index < -0.39 is 0 Å². The molecule has 0 bridgehead atoms. The highest BCUT2D eigenvalue weighted by molar-refractivity contribution is 7.15. The number of fused-ring (bicyclic) bond motifs is 1. The van der Waals surface area contributed by atoms with E-state index in [4.69, 9.17) is 14.5 Å². The molecule has 48 heavy (non-hydrogen) atoms. The monoisotopic (exact) mass is 659 g/mol. The Labute approximate surface area is 284 Å². The van der Waals surface area contributed by atoms with Gasteiger partial charge in [0.1, 0.15) is 4.88 Å². The van der Waals surface area contributed by atoms with Crippen LogP contribution in [0.15, 0.2) is 79.0 Å². The van der Waals surface area contributed by atoms with Crippen molar-refractivity contribution in [1.29, 1.82) is 0 Å². The van der Waals surface area contributed by atoms with E-state index in [1.807, 2.05) is 49.5 Å². The third kappa shape index (κ3) is 6.35. The van der Waals surface area contributed by atoms with Gasteiger partial charge in [-0.1, -0.05) is 24.3 Å². The molecule has 2 amide bonds. The van der Waals surface area contributed by atoms with Crippen LogP contribution in [0.3, 0.4) is 0 Å². The summed E-state index contributed by atoms with van der Waals surface area (Å²) in [6, 6.07) is 20.5. The number of nitrogens with one attached hydrogen (secondary N) is 1. The lowest BCUT2D eigenvalue weighted by Crippen LogP contribution is -2.32. The number of benzene rings is 2. The second kappa shape index (κ2) is 13.3. The van der Waals surface area contributed by atoms with Gasteiger partial charge in [-0.05, 0) is 121 Å². The maximum atomic E-state index is 13.9. The summed E-state index contributed by atoms with van der Waals surface area (Å²) in [7, 11) is 1.38. The number of para-hydroxylation sites is 1. The number of methoxy groups -OCH3 is 1. The lowest BCUT2D eigenvalue weighted by Gasteiger charge is -2.33. The van der Waals surface area contributed by atoms with Crippen LogP contribution in [0.25, 0.3) is 17.2 Å². The van der Waals surface area contributed by atoms with Gasteiger partial charge in [-0.2, -0.15) is 0 Å². The molecular weight excluding hydrogens is 623 g/mol. The van der Waals surface area contributed by atoms with Gasteiger partial charge in [0.05, 0.1) is 24.1 Å². The van der Waals surface area contributed by atoms with Crippen LogP contribution in [-0.2, 0) is 9.47 Å². The highest BCUT2D eigenvalue weighted by Crippen LogP contribution is 2.48. The predicted molar refractivity (Wildman–Crippen MR) is 189 cm³/mol. The molecule has 2 aromatic heterocycles. The number of nitrogens with zero attached hydrogens (tertiary/aromatic N) is 2. The Bertz CT molecular complexity index is 1950. The van der Waals surface area contributed by atoms with Crippen LogP contribution < -0.4 is 10.2 Å². The number of aryl methyl sites for hydroxylation is 1. The Balaban J connectivity index is 1.07. The number of anilines is 2. The largest absolute Gasteiger partial charge is 0.465 e. The summed E-state index contributed by atoms with van der Waals surface area (Å²) in [6.07, 6.45) is 10.7. The fourth-order valence-electron chi connectivity index (χ4n) is 6.90. The smallest absolute Gasteiger partial charge is 0.348 e. The van der Waals surface area contributed by atoms with Gasteiger partial charge in [0.25, 0.3) is 11.8 Å². The normalized spacial score (nSPS) is 16.8. The first-order chi connectivity index (χ1) is 23.3. The molecular formula is C39H37N3O5S. The zero-order valence-electron chi connectivity index (χ0n) is 27.1. The molecule has 1 fully saturated rings. The Hall–Kier alpha value is -4.86. The summed E-state index contributed by atoms with van der Waals surface area (Å²) in [5, 5.41) is 3.04. The summed E-state index contributed by atoms with van der Waals surface area (Å²) >= 11 is 1.39. The van der Waals surface area contributed by atoms with Gasteiger partial charge in [-0.25, -0.2) is 4.79 Å². The Morgan fingerprint density at radius 3 is 2.58 bits per heavy atom. The molecule has 8 nitrogen and oxygen atoms in total. The van der Waals surface area contributed by atoms with Gasteiger partial charge in [0, 0.05) is 42.1 Å². The Morgan fingerprint density at radius 1 is 1.00 bits per heavy atom. The maximum Gasteiger partial charge on any atom is 0.348 e. The lowest BCUT2D eigenvalue weighted by atomic mass is 9.77. The van der Waals surface area contributed by atoms with Crippen LogP contribution in [0.2, 0.25) is 0 Å². The molecule has 0 atom stereocenters. The standard InChI is InChI=1S/C39H37N3O5S/c1-25-21-31(35(40-24-25)29-13-15-39(23-29)16-19-47-20-17-39)36(43)41-30-9-7-26(8-10-30)37(44)42-18-14-28(22-27-5-3-4-6-32(27)42)33-11-12-34(48-33)38(45)46-2/h3-13,21-22,24H,14-20,23H2,1-2H3,(H,41,43). The first kappa shape index (κ1) is 31.7. The first-order valence-electron chi connectivity index (χ1n) is 16.3. The third-order valence-corrected chi connectivity index (χ3v) is 10.7. The second-order valence-corrected chi connectivity index (χ2v) is 13.8. The second-order valence-electron chi connectivity index (χ2n) is 12.8. The molecule has 3 aliphatic rings. The van der Waals surface area contributed by atoms with Crippen LogP contribution in [-0.4, -0.2) is 49.6 Å². The zero-order chi connectivity index (χ0) is 33.3. The fourth-order valence-corrected chi connectivity index (χ4v) is 7.86. The number of allylic oxidation sites excluding steroid dienone is 2. The number of carbonyl (C=O) groups is 3. The number of ether oxygens (including phenoxy) is 2. The Morgan fingerprint density at radius 2 is 1.79 bits per heavy atom. The molecule has 4 aromatic rings. The minimum absolute atomic E-state index is 0.128. The molecule has 4 heterocycles. The predicted octanol–water partition coefficient (Wildman–Crippen LogP) is 8.06. The van der Waals surface area contributed by atoms with Gasteiger partial charge < -0.3 is 19.7 Å². The average molecular weight is 660 g/mol. The number of esters is 1. The van der Waals surface area contributed by atoms with Gasteiger partial charge >= 0.3 is 5.97 Å². The molecule has 244 valence electrons. The molecule has 1 saturated heterocycles. The van der Waals surface area contributed by atoms with E-state index in [1.165, 1.54) is 18.4 Å². The Kier molecular flexibility index (Phi) is 8.81. The van der Waals surface area contributed by atoms with Gasteiger partial charge in [-0.15, -0.1) is 11.3 Å². The molecule has 1 aliphatic carbocycles. The van der Waals surface area contributed by atoms with Crippen molar-refractivity contribution in [1.82, 2.24) is 4.98 Å². The van der Waals surface area contributed by atoms with Gasteiger partial charge in [-0.3, -0.25) is 14.6 Å². The zero-order valence-corrected chi connectivity index (χ0v) is 27.9. The fraction of sp³-hybridized carbons (Fsp3) is 0.282. The number of carbonyl (C=O) groups excluding carboxylic acids is 3. The van der Waals surface area contributed by atoms with E-state index in [2.05, 4.69) is 17.5 Å². The molecule has 0 radical (unpaired) electrons. The number of thiophene rings is 1. The number of hydrogen-bond donors (Lipinski definition) is 1. The molecule has 1 spiro atoms. The van der Waals surface area contributed by atoms with E-state index in [9.17, 15) is 14.4 Å². The molecule has 0 saturated carbocycles. The molecule has 2 aromatic carbocycles. The van der Waals surface area contributed by atoms with E-state index in [0.717, 1.165) is 77.4 Å². The van der Waals surface area contributed by atoms with E-state index in [-0.39, 0.29) is 23.2 Å². The number of amides is 2. The van der Waals surface area contributed by atoms with Crippen molar-refractivity contribution in [3.63, 3.8) is 0 Å². The minimum Gasteiger partial charge on any atom is -0.465 e. The van der Waals surface area contributed by atoms with Gasteiger partial charge in [0.2, 0.25) is 0 Å². The van der Waals surface area contributed by atoms with Crippen LogP contribution >= 0.6 is 11.3 Å². The van der Waals surface area contributed by atoms with Crippen molar-refractivity contribution in [3.8, 4) is 0 Å². The quantitative estimate of drug-likeness (QED) is 0.210. The highest BCUT2D eigenvalue weighted by atomic mass is 32.1. The molecule has 9 heteroatoms. The van der Waals surface area contributed by atoms with Crippen molar-refractivity contribution < 1.29 is 23.9 Å². The highest BCUT2D eigenvalue weighted by Gasteiger charge is 2.37. The summed E-state index contributed by atoms with van der Waals surface area (Å²) in [5.41, 5.74) is 7.47. The van der Waals surface area contributed by atoms with Crippen LogP contribution in [0.4, 0.5) is 11.4 Å². The number of aromatic nitrogens is 1. The van der Waals surface area contributed by atoms with Crippen LogP contribution in [0, 0.1) is 12.3 Å². The average Bonchev–Trinajstić information content (AvgIpc) is 3.71. The van der Waals surface area contributed by atoms with Gasteiger partial charge in [0.15, 0.2) is 0 Å². The number of pyridine rings is 1. The number of rotatable bonds is 6. The topological polar surface area (TPSA) is 97.8 Å². The van der Waals surface area contributed by atoms with E-state index in [1.54, 1.807) is 35.2 Å². The van der Waals surface area contributed by atoms with Crippen LogP contribution in [0.1, 0.15) is 84.2 Å². The SMILES string of the molecule is COC(=O)c1ccc(C2=Cc3ccccc3N(C(=O)c3ccc(NC(=O)c4cc(C)cnc4C4=CCC5(CCOCC5)C4)cc3)CC2)s1. The van der Waals surface area contributed by atoms with E-state index in [0.29, 0.717) is 34.7 Å². The summed E-state index contributed by atoms with van der Waals surface area (Å²) < 4.78 is 10.5. The molecule has 0 unspecified atom stereocenters. The van der Waals surface area contributed by atoms with Crippen molar-refractivity contribution in [2.45, 2.75) is 39.0 Å². The van der Waals surface area contributed by atoms with Crippen molar-refractivity contribution in [2.75, 3.05) is 37.1 Å². The van der Waals surface area contributed by atoms with Crippen LogP contribution in [0.5, 0.6) is 0 Å². The molecule has 7 rings (SSSR count). The van der Waals surface area contributed by atoms with Crippen molar-refractivity contribution in [2.24, 2.45) is 5.41 Å². The third-order valence-electron chi connectivity index (χ3n) is 9.58. The van der Waals surface area contributed by atoms with Crippen molar-refractivity contribution in [3.05, 3.63) is 117 Å². The van der Waals surface area contributed by atoms with E-state index >= 15 is 0 Å². The number of hydrogen-bond acceptors (Lipinski definition) is 7. The lowest BCUT2D eigenvalue weighted by molar-refractivity contribution is 0.0217. The minimum atomic E-state index is -0.358. The maximum absolute atomic E-state index is 13.9. The van der Waals surface area contributed by atoms with Crippen molar-refractivity contribution >= 4 is 57.7 Å². The molecule has 2 aliphatic heterocycles. The molecule has 1 N–H and O–H groups in total. The first-order valence-corrected chi connectivity index (χ1v) is 17.1. The summed E-state index contributed by atoms with van der Waals surface area (Å²) in [4.78, 5) is 47.7.